The van der Waals surface area contributed by atoms with Gasteiger partial charge in [0.25, 0.3) is 0 Å². The lowest BCUT2D eigenvalue weighted by Crippen LogP contribution is -2.42. The second kappa shape index (κ2) is 23.3. The summed E-state index contributed by atoms with van der Waals surface area (Å²) < 4.78 is 98.4. The van der Waals surface area contributed by atoms with Crippen molar-refractivity contribution >= 4 is 60.0 Å². The Morgan fingerprint density at radius 3 is 1.55 bits per heavy atom. The van der Waals surface area contributed by atoms with E-state index in [0.717, 1.165) is 12.8 Å². The molecule has 0 bridgehead atoms. The van der Waals surface area contributed by atoms with Crippen molar-refractivity contribution in [2.24, 2.45) is 5.73 Å². The third kappa shape index (κ3) is 14.4. The fraction of sp³-hybridized carbons (Fsp3) is 0.463. The van der Waals surface area contributed by atoms with Crippen LogP contribution in [0.5, 0.6) is 11.5 Å². The average molecular weight is 969 g/mol. The van der Waals surface area contributed by atoms with E-state index in [0.29, 0.717) is 67.4 Å². The van der Waals surface area contributed by atoms with Gasteiger partial charge in [-0.15, -0.1) is 0 Å². The molecule has 7 N–H and O–H groups in total. The van der Waals surface area contributed by atoms with Crippen LogP contribution in [-0.4, -0.2) is 132 Å². The number of benzene rings is 2. The lowest BCUT2D eigenvalue weighted by atomic mass is 10.0. The summed E-state index contributed by atoms with van der Waals surface area (Å²) in [5.74, 6) is -1.56. The maximum atomic E-state index is 14.3. The second-order valence-corrected chi connectivity index (χ2v) is 20.5. The summed E-state index contributed by atoms with van der Waals surface area (Å²) in [5, 5.41) is 3.15. The van der Waals surface area contributed by atoms with Crippen LogP contribution in [-0.2, 0) is 30.8 Å². The van der Waals surface area contributed by atoms with Gasteiger partial charge in [-0.1, -0.05) is 14.4 Å². The van der Waals surface area contributed by atoms with Gasteiger partial charge in [-0.2, -0.15) is 4.98 Å². The molecule has 2 fully saturated rings. The molecule has 1 atom stereocenters. The maximum absolute atomic E-state index is 14.3. The van der Waals surface area contributed by atoms with Gasteiger partial charge in [0.1, 0.15) is 34.8 Å². The average Bonchev–Trinajstić information content (AvgIpc) is 3.23. The predicted molar refractivity (Wildman–Crippen MR) is 245 cm³/mol. The molecule has 0 aliphatic carbocycles. The number of nitrogens with zero attached hydrogens (tertiary/aromatic N) is 6. The zero-order chi connectivity index (χ0) is 47.7. The molecule has 2 aromatic heterocycles. The minimum Gasteiger partial charge on any atom is -0.496 e. The van der Waals surface area contributed by atoms with Crippen molar-refractivity contribution in [1.29, 1.82) is 0 Å². The minimum atomic E-state index is -3.20. The number of piperidine rings is 2. The molecule has 6 rings (SSSR count). The Morgan fingerprint density at radius 2 is 1.17 bits per heavy atom. The zero-order valence-electron chi connectivity index (χ0n) is 36.6. The fourth-order valence-electron chi connectivity index (χ4n) is 6.54. The van der Waals surface area contributed by atoms with Gasteiger partial charge in [0.2, 0.25) is 42.7 Å². The first-order valence-corrected chi connectivity index (χ1v) is 24.8. The third-order valence-electron chi connectivity index (χ3n) is 10.3. The molecule has 2 aromatic carbocycles. The lowest BCUT2D eigenvalue weighted by molar-refractivity contribution is 0.102. The molecule has 2 aliphatic rings. The highest BCUT2D eigenvalue weighted by Gasteiger charge is 2.27. The molecule has 65 heavy (non-hydrogen) atoms. The van der Waals surface area contributed by atoms with Gasteiger partial charge in [0.05, 0.1) is 59.8 Å². The van der Waals surface area contributed by atoms with E-state index in [9.17, 15) is 39.4 Å². The number of nitrogen functional groups attached to an aromatic ring is 2. The predicted octanol–water partition coefficient (Wildman–Crippen LogP) is 3.46. The van der Waals surface area contributed by atoms with E-state index < -0.39 is 54.0 Å². The van der Waals surface area contributed by atoms with Crippen LogP contribution in [0.3, 0.4) is 0 Å². The highest BCUT2D eigenvalue weighted by atomic mass is 32.2. The van der Waals surface area contributed by atoms with Gasteiger partial charge in [-0.3, -0.25) is 13.8 Å². The Hall–Kier alpha value is -5.27. The summed E-state index contributed by atoms with van der Waals surface area (Å²) in [6, 6.07) is 5.24. The molecular weight excluding hydrogens is 911 g/mol. The van der Waals surface area contributed by atoms with Crippen LogP contribution in [0.1, 0.15) is 83.0 Å². The van der Waals surface area contributed by atoms with Crippen LogP contribution in [0, 0.1) is 25.5 Å². The summed E-state index contributed by atoms with van der Waals surface area (Å²) in [4.78, 5) is 41.3. The summed E-state index contributed by atoms with van der Waals surface area (Å²) in [7, 11) is -4.69. The van der Waals surface area contributed by atoms with Crippen molar-refractivity contribution < 1.29 is 48.9 Å². The molecule has 4 aromatic rings. The van der Waals surface area contributed by atoms with E-state index >= 15 is 0 Å². The molecule has 0 spiro atoms. The molecule has 0 saturated carbocycles. The second-order valence-electron chi connectivity index (χ2n) is 14.9. The number of rotatable bonds is 12. The van der Waals surface area contributed by atoms with Crippen LogP contribution in [0.4, 0.5) is 26.4 Å². The SMILES string of the molecule is C.CCS(=O)c1ncc(C(=O)c2cc(OC)c(C)cc2F)c(N)n1.COc1cc(C(=O)c2cnc(NC3CCN(S(C)(=O)=O)CC3)nc2N)c(F)cc1C.CS(=O)(=O)N1CCC(N)CC1. The van der Waals surface area contributed by atoms with E-state index in [1.807, 2.05) is 0 Å². The minimum absolute atomic E-state index is 0. The van der Waals surface area contributed by atoms with E-state index in [1.165, 1.54) is 72.0 Å². The van der Waals surface area contributed by atoms with Gasteiger partial charge in [-0.25, -0.2) is 49.2 Å². The number of hydrogen-bond donors (Lipinski definition) is 4. The largest absolute Gasteiger partial charge is 0.496 e. The number of sulfonamides is 2. The van der Waals surface area contributed by atoms with E-state index in [4.69, 9.17) is 26.7 Å². The Kier molecular flexibility index (Phi) is 19.3. The summed E-state index contributed by atoms with van der Waals surface area (Å²) in [6.07, 6.45) is 7.59. The number of anilines is 3. The smallest absolute Gasteiger partial charge is 0.224 e. The molecule has 24 heteroatoms. The van der Waals surface area contributed by atoms with Crippen LogP contribution in [0.15, 0.2) is 41.8 Å². The molecule has 2 aliphatic heterocycles. The van der Waals surface area contributed by atoms with Gasteiger partial charge >= 0.3 is 0 Å². The molecular formula is C41H58F2N10O9S3. The Morgan fingerprint density at radius 1 is 0.754 bits per heavy atom. The van der Waals surface area contributed by atoms with Gasteiger partial charge < -0.3 is 32.0 Å². The van der Waals surface area contributed by atoms with E-state index in [-0.39, 0.29) is 64.5 Å². The van der Waals surface area contributed by atoms with E-state index in [1.54, 1.807) is 20.8 Å². The molecule has 4 heterocycles. The van der Waals surface area contributed by atoms with Crippen LogP contribution < -0.4 is 32.0 Å². The number of halogens is 2. The first-order chi connectivity index (χ1) is 30.0. The molecule has 1 unspecified atom stereocenters. The number of nitrogens with two attached hydrogens (primary N) is 3. The van der Waals surface area contributed by atoms with Crippen LogP contribution >= 0.6 is 0 Å². The molecule has 0 radical (unpaired) electrons. The van der Waals surface area contributed by atoms with Gasteiger partial charge in [0.15, 0.2) is 0 Å². The highest BCUT2D eigenvalue weighted by molar-refractivity contribution is 7.88. The third-order valence-corrected chi connectivity index (χ3v) is 14.0. The normalized spacial score (nSPS) is 15.5. The Balaban J connectivity index is 0.000000283. The summed E-state index contributed by atoms with van der Waals surface area (Å²) >= 11 is 0. The first kappa shape index (κ1) is 54.1. The number of aromatic nitrogens is 4. The van der Waals surface area contributed by atoms with Crippen molar-refractivity contribution in [2.45, 2.75) is 71.1 Å². The van der Waals surface area contributed by atoms with Gasteiger partial charge in [0, 0.05) is 56.4 Å². The van der Waals surface area contributed by atoms with Crippen molar-refractivity contribution in [3.63, 3.8) is 0 Å². The number of hydrogen-bond acceptors (Lipinski definition) is 17. The van der Waals surface area contributed by atoms with Crippen molar-refractivity contribution in [3.8, 4) is 11.5 Å². The zero-order valence-corrected chi connectivity index (χ0v) is 39.0. The van der Waals surface area contributed by atoms with Crippen molar-refractivity contribution in [3.05, 3.63) is 81.7 Å². The van der Waals surface area contributed by atoms with Crippen LogP contribution in [0.25, 0.3) is 0 Å². The standard InChI is InChI=1S/C19H24FN5O4S.C15H16FN3O3S.C6H14N2O2S.CH4/c1-11-8-15(20)13(9-16(11)29-2)17(26)14-10-22-19(24-18(14)21)23-12-4-6-25(7-5-12)30(3,27)28;1-4-23(21)15-18-7-10(14(17)19-15)13(20)9-6-12(22-3)8(2)5-11(9)16;1-11(9,10)8-4-2-6(7)3-5-8;/h8-10,12H,4-7H2,1-3H3,(H3,21,22,23,24);5-7H,4H2,1-3H3,(H2,17,18,19);6H,2-5,7H2,1H3;1H4. The molecule has 0 amide bonds. The Labute approximate surface area is 381 Å². The van der Waals surface area contributed by atoms with Crippen molar-refractivity contribution in [2.75, 3.05) is 75.4 Å². The topological polar surface area (TPSA) is 286 Å². The molecule has 19 nitrogen and oxygen atoms in total. The number of carbonyl (C=O) groups excluding carboxylic acids is 2. The number of nitrogens with one attached hydrogen (secondary N) is 1. The number of aryl methyl sites for hydroxylation is 2. The fourth-order valence-corrected chi connectivity index (χ4v) is 8.91. The Bertz CT molecular complexity index is 2590. The highest BCUT2D eigenvalue weighted by Crippen LogP contribution is 2.27. The molecule has 2 saturated heterocycles. The van der Waals surface area contributed by atoms with Gasteiger partial charge in [-0.05, 0) is 74.9 Å². The summed E-state index contributed by atoms with van der Waals surface area (Å²) in [5.41, 5.74) is 18.0. The summed E-state index contributed by atoms with van der Waals surface area (Å²) in [6.45, 7) is 7.02. The molecule has 358 valence electrons. The lowest BCUT2D eigenvalue weighted by Gasteiger charge is -2.30. The number of methoxy groups -OCH3 is 2. The maximum Gasteiger partial charge on any atom is 0.224 e. The number of ketones is 2. The first-order valence-electron chi connectivity index (χ1n) is 19.8. The van der Waals surface area contributed by atoms with Crippen LogP contribution in [0.2, 0.25) is 0 Å². The number of carbonyl (C=O) groups is 2. The van der Waals surface area contributed by atoms with E-state index in [2.05, 4.69) is 25.3 Å². The quantitative estimate of drug-likeness (QED) is 0.117. The van der Waals surface area contributed by atoms with Crippen molar-refractivity contribution in [1.82, 2.24) is 28.5 Å². The number of ether oxygens (including phenoxy) is 2. The monoisotopic (exact) mass is 968 g/mol.